The number of methoxy groups -OCH3 is 1. The van der Waals surface area contributed by atoms with Crippen LogP contribution in [0, 0.1) is 11.6 Å². The van der Waals surface area contributed by atoms with Crippen LogP contribution in [0.1, 0.15) is 17.3 Å². The summed E-state index contributed by atoms with van der Waals surface area (Å²) in [6, 6.07) is 1.58. The van der Waals surface area contributed by atoms with Crippen LogP contribution >= 0.6 is 0 Å². The van der Waals surface area contributed by atoms with Crippen LogP contribution in [0.2, 0.25) is 0 Å². The van der Waals surface area contributed by atoms with Gasteiger partial charge in [-0.25, -0.2) is 13.6 Å². The summed E-state index contributed by atoms with van der Waals surface area (Å²) in [5, 5.41) is 0. The zero-order valence-electron chi connectivity index (χ0n) is 8.34. The molecule has 5 heteroatoms. The minimum atomic E-state index is -0.922. The van der Waals surface area contributed by atoms with Crippen LogP contribution in [-0.2, 0) is 4.74 Å². The first-order chi connectivity index (χ1) is 7.10. The molecular weight excluding hydrogens is 206 g/mol. The first kappa shape index (κ1) is 11.4. The van der Waals surface area contributed by atoms with E-state index in [0.717, 1.165) is 19.2 Å². The number of hydrogen-bond acceptors (Lipinski definition) is 3. The number of halogens is 2. The molecule has 0 heterocycles. The number of esters is 1. The van der Waals surface area contributed by atoms with E-state index in [9.17, 15) is 13.6 Å². The Labute approximate surface area is 85.6 Å². The van der Waals surface area contributed by atoms with Crippen molar-refractivity contribution in [3.8, 4) is 5.75 Å². The molecule has 0 spiro atoms. The molecule has 0 N–H and O–H groups in total. The van der Waals surface area contributed by atoms with Gasteiger partial charge in [0.2, 0.25) is 0 Å². The lowest BCUT2D eigenvalue weighted by atomic mass is 10.2. The summed E-state index contributed by atoms with van der Waals surface area (Å²) < 4.78 is 35.6. The van der Waals surface area contributed by atoms with Crippen LogP contribution in [0.15, 0.2) is 12.1 Å². The van der Waals surface area contributed by atoms with Gasteiger partial charge in [0, 0.05) is 6.07 Å². The van der Waals surface area contributed by atoms with Gasteiger partial charge in [-0.1, -0.05) is 0 Å². The minimum Gasteiger partial charge on any atom is -0.491 e. The van der Waals surface area contributed by atoms with E-state index in [-0.39, 0.29) is 12.4 Å². The molecule has 1 aromatic rings. The van der Waals surface area contributed by atoms with Crippen molar-refractivity contribution in [3.63, 3.8) is 0 Å². The van der Waals surface area contributed by atoms with Crippen molar-refractivity contribution in [1.82, 2.24) is 0 Å². The molecule has 0 radical (unpaired) electrons. The number of ether oxygens (including phenoxy) is 2. The van der Waals surface area contributed by atoms with Crippen molar-refractivity contribution < 1.29 is 23.0 Å². The molecule has 0 aliphatic carbocycles. The van der Waals surface area contributed by atoms with Gasteiger partial charge in [-0.2, -0.15) is 0 Å². The molecule has 1 aromatic carbocycles. The largest absolute Gasteiger partial charge is 0.491 e. The van der Waals surface area contributed by atoms with Gasteiger partial charge < -0.3 is 9.47 Å². The number of hydrogen-bond donors (Lipinski definition) is 0. The van der Waals surface area contributed by atoms with Gasteiger partial charge in [0.05, 0.1) is 19.3 Å². The quantitative estimate of drug-likeness (QED) is 0.726. The highest BCUT2D eigenvalue weighted by atomic mass is 19.1. The van der Waals surface area contributed by atoms with Crippen molar-refractivity contribution in [2.45, 2.75) is 6.92 Å². The smallest absolute Gasteiger partial charge is 0.340 e. The van der Waals surface area contributed by atoms with E-state index in [2.05, 4.69) is 4.74 Å². The van der Waals surface area contributed by atoms with E-state index in [1.165, 1.54) is 0 Å². The van der Waals surface area contributed by atoms with Gasteiger partial charge in [-0.3, -0.25) is 0 Å². The first-order valence-electron chi connectivity index (χ1n) is 4.30. The summed E-state index contributed by atoms with van der Waals surface area (Å²) in [6.07, 6.45) is 0. The normalized spacial score (nSPS) is 9.87. The summed E-state index contributed by atoms with van der Waals surface area (Å²) in [4.78, 5) is 11.0. The van der Waals surface area contributed by atoms with Crippen LogP contribution in [-0.4, -0.2) is 19.7 Å². The van der Waals surface area contributed by atoms with Gasteiger partial charge in [0.15, 0.2) is 11.6 Å². The Kier molecular flexibility index (Phi) is 3.60. The molecule has 3 nitrogen and oxygen atoms in total. The number of benzene rings is 1. The van der Waals surface area contributed by atoms with Crippen LogP contribution < -0.4 is 4.74 Å². The van der Waals surface area contributed by atoms with Crippen molar-refractivity contribution in [2.24, 2.45) is 0 Å². The second-order valence-corrected chi connectivity index (χ2v) is 2.69. The zero-order valence-corrected chi connectivity index (χ0v) is 8.34. The molecule has 0 unspecified atom stereocenters. The molecule has 0 saturated carbocycles. The second-order valence-electron chi connectivity index (χ2n) is 2.69. The predicted molar refractivity (Wildman–Crippen MR) is 48.9 cm³/mol. The Balaban J connectivity index is 3.13. The molecule has 0 saturated heterocycles. The Morgan fingerprint density at radius 3 is 2.53 bits per heavy atom. The topological polar surface area (TPSA) is 35.5 Å². The molecule has 0 aliphatic rings. The SMILES string of the molecule is CCOc1cc(F)c(C(=O)OC)cc1F. The van der Waals surface area contributed by atoms with Gasteiger partial charge in [-0.05, 0) is 13.0 Å². The highest BCUT2D eigenvalue weighted by Gasteiger charge is 2.16. The van der Waals surface area contributed by atoms with Crippen LogP contribution in [0.3, 0.4) is 0 Å². The van der Waals surface area contributed by atoms with Crippen molar-refractivity contribution in [3.05, 3.63) is 29.3 Å². The number of carbonyl (C=O) groups is 1. The molecule has 0 aromatic heterocycles. The lowest BCUT2D eigenvalue weighted by Crippen LogP contribution is -2.06. The summed E-state index contributed by atoms with van der Waals surface area (Å²) in [6.45, 7) is 1.86. The van der Waals surface area contributed by atoms with E-state index < -0.39 is 23.2 Å². The lowest BCUT2D eigenvalue weighted by Gasteiger charge is -2.06. The number of carbonyl (C=O) groups excluding carboxylic acids is 1. The van der Waals surface area contributed by atoms with E-state index in [1.807, 2.05) is 0 Å². The fraction of sp³-hybridized carbons (Fsp3) is 0.300. The Morgan fingerprint density at radius 1 is 1.33 bits per heavy atom. The maximum atomic E-state index is 13.2. The van der Waals surface area contributed by atoms with Crippen molar-refractivity contribution >= 4 is 5.97 Å². The molecule has 82 valence electrons. The maximum absolute atomic E-state index is 13.2. The third kappa shape index (κ3) is 2.43. The van der Waals surface area contributed by atoms with Gasteiger partial charge >= 0.3 is 5.97 Å². The Morgan fingerprint density at radius 2 is 2.00 bits per heavy atom. The standard InChI is InChI=1S/C10H10F2O3/c1-3-15-9-5-7(11)6(4-8(9)12)10(13)14-2/h4-5H,3H2,1-2H3. The summed E-state index contributed by atoms with van der Waals surface area (Å²) in [5.41, 5.74) is -0.446. The zero-order chi connectivity index (χ0) is 11.4. The summed E-state index contributed by atoms with van der Waals surface area (Å²) in [7, 11) is 1.09. The summed E-state index contributed by atoms with van der Waals surface area (Å²) >= 11 is 0. The maximum Gasteiger partial charge on any atom is 0.340 e. The third-order valence-electron chi connectivity index (χ3n) is 1.73. The fourth-order valence-electron chi connectivity index (χ4n) is 1.06. The van der Waals surface area contributed by atoms with Crippen LogP contribution in [0.4, 0.5) is 8.78 Å². The highest BCUT2D eigenvalue weighted by molar-refractivity contribution is 5.89. The van der Waals surface area contributed by atoms with E-state index >= 15 is 0 Å². The molecule has 0 fully saturated rings. The molecule has 0 amide bonds. The predicted octanol–water partition coefficient (Wildman–Crippen LogP) is 2.15. The molecular formula is C10H10F2O3. The molecule has 0 bridgehead atoms. The first-order valence-corrected chi connectivity index (χ1v) is 4.30. The Hall–Kier alpha value is -1.65. The highest BCUT2D eigenvalue weighted by Crippen LogP contribution is 2.22. The molecule has 0 aliphatic heterocycles. The van der Waals surface area contributed by atoms with E-state index in [1.54, 1.807) is 6.92 Å². The van der Waals surface area contributed by atoms with E-state index in [0.29, 0.717) is 0 Å². The van der Waals surface area contributed by atoms with Crippen LogP contribution in [0.25, 0.3) is 0 Å². The van der Waals surface area contributed by atoms with E-state index in [4.69, 9.17) is 4.74 Å². The lowest BCUT2D eigenvalue weighted by molar-refractivity contribution is 0.0594. The third-order valence-corrected chi connectivity index (χ3v) is 1.73. The number of rotatable bonds is 3. The average molecular weight is 216 g/mol. The average Bonchev–Trinajstić information content (AvgIpc) is 2.22. The second kappa shape index (κ2) is 4.72. The molecule has 1 rings (SSSR count). The Bertz CT molecular complexity index is 377. The van der Waals surface area contributed by atoms with Gasteiger partial charge in [-0.15, -0.1) is 0 Å². The monoisotopic (exact) mass is 216 g/mol. The molecule has 0 atom stereocenters. The van der Waals surface area contributed by atoms with Crippen molar-refractivity contribution in [1.29, 1.82) is 0 Å². The van der Waals surface area contributed by atoms with Gasteiger partial charge in [0.1, 0.15) is 5.82 Å². The van der Waals surface area contributed by atoms with Crippen molar-refractivity contribution in [2.75, 3.05) is 13.7 Å². The fourth-order valence-corrected chi connectivity index (χ4v) is 1.06. The summed E-state index contributed by atoms with van der Waals surface area (Å²) in [5.74, 6) is -2.80. The molecule has 15 heavy (non-hydrogen) atoms. The minimum absolute atomic E-state index is 0.216. The van der Waals surface area contributed by atoms with Crippen LogP contribution in [0.5, 0.6) is 5.75 Å². The van der Waals surface area contributed by atoms with Gasteiger partial charge in [0.25, 0.3) is 0 Å².